The summed E-state index contributed by atoms with van der Waals surface area (Å²) in [4.78, 5) is 12.3. The molecule has 0 spiro atoms. The molecule has 0 aliphatic carbocycles. The van der Waals surface area contributed by atoms with Crippen LogP contribution < -0.4 is 22.6 Å². The van der Waals surface area contributed by atoms with Gasteiger partial charge in [0.15, 0.2) is 5.82 Å². The fraction of sp³-hybridized carbons (Fsp3) is 0.429. The van der Waals surface area contributed by atoms with Gasteiger partial charge < -0.3 is 17.3 Å². The molecule has 5 heteroatoms. The van der Waals surface area contributed by atoms with Gasteiger partial charge in [-0.2, -0.15) is 0 Å². The molecule has 3 heterocycles. The van der Waals surface area contributed by atoms with Gasteiger partial charge in [-0.3, -0.25) is 5.32 Å². The van der Waals surface area contributed by atoms with Crippen molar-refractivity contribution in [1.29, 1.82) is 0 Å². The van der Waals surface area contributed by atoms with Crippen LogP contribution in [0.15, 0.2) is 30.3 Å². The molecule has 4 rings (SSSR count). The number of aromatic nitrogens is 2. The maximum Gasteiger partial charge on any atom is 0.203 e. The second kappa shape index (κ2) is 8.19. The van der Waals surface area contributed by atoms with Gasteiger partial charge in [-0.25, -0.2) is 9.97 Å². The molecule has 2 N–H and O–H groups in total. The lowest BCUT2D eigenvalue weighted by atomic mass is 10.1. The topological polar surface area (TPSA) is 45.6 Å². The van der Waals surface area contributed by atoms with E-state index >= 15 is 0 Å². The minimum absolute atomic E-state index is 0. The maximum absolute atomic E-state index is 4.99. The first kappa shape index (κ1) is 18.9. The molecule has 138 valence electrons. The van der Waals surface area contributed by atoms with Gasteiger partial charge in [-0.05, 0) is 37.3 Å². The number of hydrogen-bond donors (Lipinski definition) is 1. The third-order valence-corrected chi connectivity index (χ3v) is 4.95. The van der Waals surface area contributed by atoms with E-state index in [1.54, 1.807) is 0 Å². The lowest BCUT2D eigenvalue weighted by Gasteiger charge is -2.28. The predicted octanol–water partition coefficient (Wildman–Crippen LogP) is 0.376. The second-order valence-electron chi connectivity index (χ2n) is 7.52. The van der Waals surface area contributed by atoms with Crippen molar-refractivity contribution in [3.05, 3.63) is 47.4 Å². The van der Waals surface area contributed by atoms with Gasteiger partial charge in [0.05, 0.1) is 0 Å². The number of hydrogen-bond acceptors (Lipinski definition) is 3. The number of benzene rings is 1. The monoisotopic (exact) mass is 370 g/mol. The zero-order chi connectivity index (χ0) is 17.2. The zero-order valence-electron chi connectivity index (χ0n) is 15.6. The second-order valence-corrected chi connectivity index (χ2v) is 7.52. The van der Waals surface area contributed by atoms with Gasteiger partial charge in [0.1, 0.15) is 17.2 Å². The van der Waals surface area contributed by atoms with E-state index in [0.29, 0.717) is 5.92 Å². The van der Waals surface area contributed by atoms with Gasteiger partial charge in [-0.15, -0.1) is 0 Å². The molecule has 0 radical (unpaired) electrons. The zero-order valence-corrected chi connectivity index (χ0v) is 16.3. The number of rotatable bonds is 4. The van der Waals surface area contributed by atoms with Gasteiger partial charge in [-0.1, -0.05) is 32.0 Å². The number of fused-ring (bicyclic) bond motifs is 1. The van der Waals surface area contributed by atoms with Crippen molar-refractivity contribution in [2.75, 3.05) is 18.0 Å². The average Bonchev–Trinajstić information content (AvgIpc) is 3.06. The first-order valence-electron chi connectivity index (χ1n) is 9.48. The van der Waals surface area contributed by atoms with E-state index in [2.05, 4.69) is 60.5 Å². The largest absolute Gasteiger partial charge is 1.00 e. The molecule has 4 nitrogen and oxygen atoms in total. The van der Waals surface area contributed by atoms with Crippen molar-refractivity contribution in [1.82, 2.24) is 9.97 Å². The van der Waals surface area contributed by atoms with Crippen LogP contribution in [0.5, 0.6) is 0 Å². The lowest BCUT2D eigenvalue weighted by molar-refractivity contribution is -0.464. The molecule has 2 aromatic rings. The molecule has 26 heavy (non-hydrogen) atoms. The molecule has 1 aromatic carbocycles. The number of quaternary nitrogens is 1. The van der Waals surface area contributed by atoms with Crippen LogP contribution >= 0.6 is 0 Å². The highest BCUT2D eigenvalue weighted by Crippen LogP contribution is 2.31. The Morgan fingerprint density at radius 2 is 1.77 bits per heavy atom. The summed E-state index contributed by atoms with van der Waals surface area (Å²) >= 11 is 0. The molecule has 0 saturated carbocycles. The Bertz CT molecular complexity index is 780. The molecule has 1 fully saturated rings. The van der Waals surface area contributed by atoms with E-state index in [-0.39, 0.29) is 12.4 Å². The number of nitrogens with zero attached hydrogens (tertiary/aromatic N) is 3. The standard InChI is InChI=1S/C21H26N4.ClH/c1-15(2)13-19-22-18-14-17(16-9-5-3-6-10-16)23-20(18)21(24-19)25-11-7-4-8-12-25;/h3,5-6,9-10,14-15,23H,4,7-8,11-13H2,1-2H3;1H. The predicted molar refractivity (Wildman–Crippen MR) is 103 cm³/mol. The molecular weight excluding hydrogens is 344 g/mol. The van der Waals surface area contributed by atoms with Crippen LogP contribution in [0.4, 0.5) is 11.5 Å². The van der Waals surface area contributed by atoms with Crippen LogP contribution in [0.3, 0.4) is 0 Å². The summed E-state index contributed by atoms with van der Waals surface area (Å²) < 4.78 is 0. The van der Waals surface area contributed by atoms with E-state index in [9.17, 15) is 0 Å². The molecule has 0 unspecified atom stereocenters. The summed E-state index contributed by atoms with van der Waals surface area (Å²) in [6.07, 6.45) is 7.01. The van der Waals surface area contributed by atoms with Crippen molar-refractivity contribution in [3.8, 4) is 0 Å². The molecule has 0 bridgehead atoms. The average molecular weight is 371 g/mol. The molecule has 2 aliphatic rings. The van der Waals surface area contributed by atoms with Crippen molar-refractivity contribution < 1.29 is 17.7 Å². The normalized spacial score (nSPS) is 16.3. The van der Waals surface area contributed by atoms with E-state index in [4.69, 9.17) is 9.97 Å². The Hall–Kier alpha value is -1.91. The molecule has 1 saturated heterocycles. The molecule has 1 aromatic heterocycles. The van der Waals surface area contributed by atoms with Gasteiger partial charge >= 0.3 is 0 Å². The molecule has 2 aliphatic heterocycles. The number of nitrogens with two attached hydrogens (primary N) is 1. The van der Waals surface area contributed by atoms with E-state index in [1.165, 1.54) is 36.2 Å². The third kappa shape index (κ3) is 3.92. The Morgan fingerprint density at radius 3 is 2.46 bits per heavy atom. The Morgan fingerprint density at radius 1 is 1.04 bits per heavy atom. The van der Waals surface area contributed by atoms with Crippen LogP contribution in [0.25, 0.3) is 11.8 Å². The lowest BCUT2D eigenvalue weighted by Crippen LogP contribution is -3.00. The number of anilines is 1. The van der Waals surface area contributed by atoms with Crippen LogP contribution in [-0.2, 0) is 6.42 Å². The van der Waals surface area contributed by atoms with Crippen LogP contribution in [0.2, 0.25) is 0 Å². The summed E-state index contributed by atoms with van der Waals surface area (Å²) in [6.45, 7) is 6.68. The summed E-state index contributed by atoms with van der Waals surface area (Å²) in [7, 11) is 0. The first-order chi connectivity index (χ1) is 12.2. The number of halogens is 1. The summed E-state index contributed by atoms with van der Waals surface area (Å²) in [6, 6.07) is 10.6. The van der Waals surface area contributed by atoms with Crippen LogP contribution in [0, 0.1) is 5.92 Å². The van der Waals surface area contributed by atoms with Gasteiger partial charge in [0, 0.05) is 31.1 Å². The van der Waals surface area contributed by atoms with Crippen molar-refractivity contribution in [2.45, 2.75) is 39.5 Å². The van der Waals surface area contributed by atoms with E-state index < -0.39 is 0 Å². The molecule has 0 amide bonds. The highest BCUT2D eigenvalue weighted by atomic mass is 35.5. The summed E-state index contributed by atoms with van der Waals surface area (Å²) in [5.41, 5.74) is 4.78. The highest BCUT2D eigenvalue weighted by Gasteiger charge is 2.29. The number of piperidine rings is 1. The van der Waals surface area contributed by atoms with Crippen molar-refractivity contribution in [2.24, 2.45) is 5.92 Å². The summed E-state index contributed by atoms with van der Waals surface area (Å²) in [5, 5.41) is 2.27. The van der Waals surface area contributed by atoms with E-state index in [1.807, 2.05) is 0 Å². The Kier molecular flexibility index (Phi) is 5.94. The Balaban J connectivity index is 0.00000196. The summed E-state index contributed by atoms with van der Waals surface area (Å²) in [5.74, 6) is 2.69. The minimum Gasteiger partial charge on any atom is -1.00 e. The smallest absolute Gasteiger partial charge is 0.203 e. The van der Waals surface area contributed by atoms with Crippen molar-refractivity contribution in [3.63, 3.8) is 0 Å². The highest BCUT2D eigenvalue weighted by molar-refractivity contribution is 5.86. The quantitative estimate of drug-likeness (QED) is 0.846. The molecular formula is C21H27ClN4. The fourth-order valence-corrected chi connectivity index (χ4v) is 3.71. The van der Waals surface area contributed by atoms with Crippen molar-refractivity contribution >= 4 is 23.3 Å². The molecule has 0 atom stereocenters. The van der Waals surface area contributed by atoms with Gasteiger partial charge in [0.25, 0.3) is 0 Å². The minimum atomic E-state index is 0. The fourth-order valence-electron chi connectivity index (χ4n) is 3.71. The third-order valence-electron chi connectivity index (χ3n) is 4.95. The maximum atomic E-state index is 4.99. The van der Waals surface area contributed by atoms with Crippen LogP contribution in [0.1, 0.15) is 50.2 Å². The van der Waals surface area contributed by atoms with Gasteiger partial charge in [0.2, 0.25) is 5.69 Å². The van der Waals surface area contributed by atoms with Crippen LogP contribution in [-0.4, -0.2) is 23.1 Å². The first-order valence-corrected chi connectivity index (χ1v) is 9.48. The van der Waals surface area contributed by atoms with E-state index in [0.717, 1.165) is 36.8 Å². The Labute approximate surface area is 162 Å². The SMILES string of the molecule is CC(C)Cc1nc2c(c(N3CCCCC3)n1)[NH2+]C(c1ccccc1)=C2.[Cl-].